The van der Waals surface area contributed by atoms with Gasteiger partial charge in [0.2, 0.25) is 5.91 Å². The van der Waals surface area contributed by atoms with Gasteiger partial charge >= 0.3 is 5.97 Å². The van der Waals surface area contributed by atoms with Gasteiger partial charge in [-0.15, -0.1) is 0 Å². The Kier molecular flexibility index (Phi) is 7.45. The summed E-state index contributed by atoms with van der Waals surface area (Å²) in [7, 11) is 3.10. The molecule has 2 amide bonds. The third-order valence-corrected chi connectivity index (χ3v) is 4.60. The van der Waals surface area contributed by atoms with Crippen molar-refractivity contribution >= 4 is 17.8 Å². The summed E-state index contributed by atoms with van der Waals surface area (Å²) in [4.78, 5) is 36.9. The zero-order chi connectivity index (χ0) is 19.8. The number of esters is 1. The van der Waals surface area contributed by atoms with E-state index in [0.29, 0.717) is 37.3 Å². The first-order valence-electron chi connectivity index (χ1n) is 8.88. The standard InChI is InChI=1S/C19H26N2O6/c1-25-15-7-5-13(10-16(15)26-2)6-8-18(23)27-12-17(22)21-9-3-4-14(11-21)19(20)24/h5,7,10,14H,3-4,6,8-9,11-12H2,1-2H3,(H2,20,24)/t14-/m1/s1. The topological polar surface area (TPSA) is 108 Å². The molecule has 1 aliphatic rings. The number of amides is 2. The van der Waals surface area contributed by atoms with Gasteiger partial charge in [0.15, 0.2) is 18.1 Å². The summed E-state index contributed by atoms with van der Waals surface area (Å²) in [5.41, 5.74) is 6.21. The molecular formula is C19H26N2O6. The molecule has 0 spiro atoms. The fourth-order valence-corrected chi connectivity index (χ4v) is 3.02. The first-order chi connectivity index (χ1) is 12.9. The predicted molar refractivity (Wildman–Crippen MR) is 97.3 cm³/mol. The van der Waals surface area contributed by atoms with Crippen LogP contribution in [-0.2, 0) is 25.5 Å². The van der Waals surface area contributed by atoms with Crippen LogP contribution in [0.15, 0.2) is 18.2 Å². The third-order valence-electron chi connectivity index (χ3n) is 4.60. The second-order valence-electron chi connectivity index (χ2n) is 6.43. The average molecular weight is 378 g/mol. The van der Waals surface area contributed by atoms with Gasteiger partial charge in [-0.3, -0.25) is 14.4 Å². The minimum atomic E-state index is -0.457. The van der Waals surface area contributed by atoms with Crippen LogP contribution in [0.3, 0.4) is 0 Å². The van der Waals surface area contributed by atoms with Gasteiger partial charge in [0, 0.05) is 19.5 Å². The number of carbonyl (C=O) groups is 3. The number of ether oxygens (including phenoxy) is 3. The molecule has 1 saturated heterocycles. The second kappa shape index (κ2) is 9.80. The first-order valence-corrected chi connectivity index (χ1v) is 8.88. The van der Waals surface area contributed by atoms with E-state index in [-0.39, 0.29) is 31.4 Å². The monoisotopic (exact) mass is 378 g/mol. The molecule has 1 atom stereocenters. The minimum Gasteiger partial charge on any atom is -0.493 e. The molecule has 0 aromatic heterocycles. The van der Waals surface area contributed by atoms with Crippen LogP contribution in [0.5, 0.6) is 11.5 Å². The molecule has 1 aromatic carbocycles. The van der Waals surface area contributed by atoms with Crippen molar-refractivity contribution in [3.05, 3.63) is 23.8 Å². The zero-order valence-corrected chi connectivity index (χ0v) is 15.7. The molecule has 1 heterocycles. The van der Waals surface area contributed by atoms with Gasteiger partial charge in [0.25, 0.3) is 5.91 Å². The number of nitrogens with zero attached hydrogens (tertiary/aromatic N) is 1. The van der Waals surface area contributed by atoms with Crippen molar-refractivity contribution in [1.29, 1.82) is 0 Å². The van der Waals surface area contributed by atoms with Crippen LogP contribution < -0.4 is 15.2 Å². The number of hydrogen-bond donors (Lipinski definition) is 1. The van der Waals surface area contributed by atoms with Crippen LogP contribution in [0.4, 0.5) is 0 Å². The highest BCUT2D eigenvalue weighted by Crippen LogP contribution is 2.28. The van der Waals surface area contributed by atoms with Crippen molar-refractivity contribution in [2.45, 2.75) is 25.7 Å². The van der Waals surface area contributed by atoms with Gasteiger partial charge < -0.3 is 24.8 Å². The molecule has 0 aliphatic carbocycles. The fourth-order valence-electron chi connectivity index (χ4n) is 3.02. The maximum Gasteiger partial charge on any atom is 0.306 e. The molecule has 2 rings (SSSR count). The van der Waals surface area contributed by atoms with Gasteiger partial charge in [0.1, 0.15) is 0 Å². The van der Waals surface area contributed by atoms with Crippen molar-refractivity contribution in [3.63, 3.8) is 0 Å². The molecule has 8 nitrogen and oxygen atoms in total. The van der Waals surface area contributed by atoms with Gasteiger partial charge in [0.05, 0.1) is 20.1 Å². The summed E-state index contributed by atoms with van der Waals surface area (Å²) >= 11 is 0. The summed E-state index contributed by atoms with van der Waals surface area (Å²) in [6.45, 7) is 0.513. The lowest BCUT2D eigenvalue weighted by Crippen LogP contribution is -2.45. The lowest BCUT2D eigenvalue weighted by molar-refractivity contribution is -0.153. The van der Waals surface area contributed by atoms with E-state index >= 15 is 0 Å². The molecule has 148 valence electrons. The van der Waals surface area contributed by atoms with Crippen molar-refractivity contribution in [2.75, 3.05) is 33.9 Å². The maximum atomic E-state index is 12.2. The summed E-state index contributed by atoms with van der Waals surface area (Å²) in [5.74, 6) is -0.289. The number of primary amides is 1. The molecule has 1 fully saturated rings. The predicted octanol–water partition coefficient (Wildman–Crippen LogP) is 0.904. The minimum absolute atomic E-state index is 0.146. The van der Waals surface area contributed by atoms with Crippen LogP contribution in [0.2, 0.25) is 0 Å². The Morgan fingerprint density at radius 1 is 1.19 bits per heavy atom. The van der Waals surface area contributed by atoms with E-state index in [9.17, 15) is 14.4 Å². The Bertz CT molecular complexity index is 691. The molecule has 0 saturated carbocycles. The Labute approximate surface area is 158 Å². The van der Waals surface area contributed by atoms with Crippen LogP contribution in [-0.4, -0.2) is 56.6 Å². The molecule has 8 heteroatoms. The highest BCUT2D eigenvalue weighted by Gasteiger charge is 2.27. The third kappa shape index (κ3) is 5.87. The molecule has 27 heavy (non-hydrogen) atoms. The molecular weight excluding hydrogens is 352 g/mol. The van der Waals surface area contributed by atoms with Gasteiger partial charge in [-0.25, -0.2) is 0 Å². The summed E-state index contributed by atoms with van der Waals surface area (Å²) in [5, 5.41) is 0. The van der Waals surface area contributed by atoms with Crippen molar-refractivity contribution in [1.82, 2.24) is 4.90 Å². The fraction of sp³-hybridized carbons (Fsp3) is 0.526. The maximum absolute atomic E-state index is 12.2. The highest BCUT2D eigenvalue weighted by atomic mass is 16.5. The van der Waals surface area contributed by atoms with E-state index in [4.69, 9.17) is 19.9 Å². The molecule has 0 radical (unpaired) electrons. The smallest absolute Gasteiger partial charge is 0.306 e. The molecule has 2 N–H and O–H groups in total. The van der Waals surface area contributed by atoms with E-state index in [0.717, 1.165) is 5.56 Å². The summed E-state index contributed by atoms with van der Waals surface area (Å²) in [6.07, 6.45) is 2.00. The molecule has 0 unspecified atom stereocenters. The number of nitrogens with two attached hydrogens (primary N) is 1. The number of hydrogen-bond acceptors (Lipinski definition) is 6. The zero-order valence-electron chi connectivity index (χ0n) is 15.7. The average Bonchev–Trinajstić information content (AvgIpc) is 2.70. The van der Waals surface area contributed by atoms with E-state index < -0.39 is 11.9 Å². The van der Waals surface area contributed by atoms with Gasteiger partial charge in [-0.1, -0.05) is 6.07 Å². The Morgan fingerprint density at radius 3 is 2.59 bits per heavy atom. The van der Waals surface area contributed by atoms with Gasteiger partial charge in [-0.2, -0.15) is 0 Å². The largest absolute Gasteiger partial charge is 0.493 e. The van der Waals surface area contributed by atoms with Crippen molar-refractivity contribution in [3.8, 4) is 11.5 Å². The Morgan fingerprint density at radius 2 is 1.93 bits per heavy atom. The number of methoxy groups -OCH3 is 2. The quantitative estimate of drug-likeness (QED) is 0.674. The van der Waals surface area contributed by atoms with E-state index in [1.165, 1.54) is 4.90 Å². The second-order valence-corrected chi connectivity index (χ2v) is 6.43. The van der Waals surface area contributed by atoms with E-state index in [2.05, 4.69) is 0 Å². The SMILES string of the molecule is COc1ccc(CCC(=O)OCC(=O)N2CCC[C@@H](C(N)=O)C2)cc1OC. The lowest BCUT2D eigenvalue weighted by atomic mass is 9.97. The Hall–Kier alpha value is -2.77. The van der Waals surface area contributed by atoms with Crippen LogP contribution in [0.25, 0.3) is 0 Å². The van der Waals surface area contributed by atoms with Crippen molar-refractivity contribution in [2.24, 2.45) is 11.7 Å². The summed E-state index contributed by atoms with van der Waals surface area (Å²) in [6, 6.07) is 5.42. The van der Waals surface area contributed by atoms with Crippen LogP contribution in [0, 0.1) is 5.92 Å². The number of piperidine rings is 1. The first kappa shape index (κ1) is 20.5. The molecule has 1 aromatic rings. The number of rotatable bonds is 8. The molecule has 0 bridgehead atoms. The lowest BCUT2D eigenvalue weighted by Gasteiger charge is -2.31. The highest BCUT2D eigenvalue weighted by molar-refractivity contribution is 5.82. The number of carbonyl (C=O) groups excluding carboxylic acids is 3. The number of benzene rings is 1. The van der Waals surface area contributed by atoms with E-state index in [1.54, 1.807) is 26.4 Å². The van der Waals surface area contributed by atoms with Crippen molar-refractivity contribution < 1.29 is 28.6 Å². The van der Waals surface area contributed by atoms with Gasteiger partial charge in [-0.05, 0) is 37.0 Å². The number of likely N-dealkylation sites (tertiary alicyclic amines) is 1. The summed E-state index contributed by atoms with van der Waals surface area (Å²) < 4.78 is 15.5. The number of aryl methyl sites for hydroxylation is 1. The molecule has 1 aliphatic heterocycles. The normalized spacial score (nSPS) is 16.5. The Balaban J connectivity index is 1.77. The van der Waals surface area contributed by atoms with Crippen LogP contribution in [0.1, 0.15) is 24.8 Å². The van der Waals surface area contributed by atoms with Crippen LogP contribution >= 0.6 is 0 Å². The van der Waals surface area contributed by atoms with E-state index in [1.807, 2.05) is 6.07 Å².